The summed E-state index contributed by atoms with van der Waals surface area (Å²) < 4.78 is 25.6. The van der Waals surface area contributed by atoms with Crippen molar-refractivity contribution in [3.63, 3.8) is 0 Å². The molecule has 1 amide bonds. The summed E-state index contributed by atoms with van der Waals surface area (Å²) >= 11 is 5.90. The van der Waals surface area contributed by atoms with Crippen molar-refractivity contribution < 1.29 is 23.8 Å². The minimum Gasteiger partial charge on any atom is -0.502 e. The van der Waals surface area contributed by atoms with Crippen LogP contribution in [0.4, 0.5) is 10.2 Å². The number of amides is 1. The van der Waals surface area contributed by atoms with E-state index in [4.69, 9.17) is 21.1 Å². The van der Waals surface area contributed by atoms with E-state index in [0.717, 1.165) is 0 Å². The number of phenolic OH excluding ortho intramolecular Hbond substituents is 1. The molecule has 150 valence electrons. The van der Waals surface area contributed by atoms with Gasteiger partial charge in [-0.15, -0.1) is 0 Å². The highest BCUT2D eigenvalue weighted by atomic mass is 35.5. The molecule has 2 aromatic carbocycles. The van der Waals surface area contributed by atoms with Crippen LogP contribution in [-0.2, 0) is 4.79 Å². The van der Waals surface area contributed by atoms with Crippen molar-refractivity contribution in [1.29, 1.82) is 0 Å². The van der Waals surface area contributed by atoms with Crippen molar-refractivity contribution in [3.05, 3.63) is 58.8 Å². The predicted molar refractivity (Wildman–Crippen MR) is 105 cm³/mol. The normalized spacial score (nSPS) is 15.6. The van der Waals surface area contributed by atoms with Gasteiger partial charge in [-0.05, 0) is 35.9 Å². The van der Waals surface area contributed by atoms with Gasteiger partial charge < -0.3 is 19.9 Å². The van der Waals surface area contributed by atoms with Crippen molar-refractivity contribution in [2.24, 2.45) is 0 Å². The molecular weight excluding hydrogens is 401 g/mol. The van der Waals surface area contributed by atoms with Crippen LogP contribution in [0, 0.1) is 5.82 Å². The number of nitrogens with zero attached hydrogens (tertiary/aromatic N) is 2. The number of halogens is 2. The van der Waals surface area contributed by atoms with Crippen LogP contribution in [0.1, 0.15) is 23.6 Å². The SMILES string of the molecule is COc1cc([C@H]2CC(=O)Nc3c2ncn3-c2ccc(F)c(Cl)c2)cc(OC)c1O. The third-order valence-electron chi connectivity index (χ3n) is 4.86. The van der Waals surface area contributed by atoms with E-state index in [9.17, 15) is 14.3 Å². The summed E-state index contributed by atoms with van der Waals surface area (Å²) in [5, 5.41) is 13.0. The minimum atomic E-state index is -0.533. The molecule has 9 heteroatoms. The Morgan fingerprint density at radius 3 is 2.55 bits per heavy atom. The van der Waals surface area contributed by atoms with Gasteiger partial charge in [-0.3, -0.25) is 9.36 Å². The van der Waals surface area contributed by atoms with E-state index in [-0.39, 0.29) is 40.5 Å². The zero-order chi connectivity index (χ0) is 20.7. The second-order valence-corrected chi connectivity index (χ2v) is 6.93. The predicted octanol–water partition coefficient (Wildman–Crippen LogP) is 3.86. The molecule has 0 bridgehead atoms. The van der Waals surface area contributed by atoms with E-state index in [2.05, 4.69) is 10.3 Å². The fraction of sp³-hybridized carbons (Fsp3) is 0.200. The Bertz CT molecular complexity index is 1090. The smallest absolute Gasteiger partial charge is 0.226 e. The Kier molecular flexibility index (Phi) is 4.79. The van der Waals surface area contributed by atoms with Gasteiger partial charge in [-0.2, -0.15) is 0 Å². The van der Waals surface area contributed by atoms with E-state index in [1.807, 2.05) is 0 Å². The number of aromatic hydroxyl groups is 1. The second-order valence-electron chi connectivity index (χ2n) is 6.53. The van der Waals surface area contributed by atoms with Gasteiger partial charge >= 0.3 is 0 Å². The second kappa shape index (κ2) is 7.29. The Morgan fingerprint density at radius 1 is 1.24 bits per heavy atom. The molecule has 0 unspecified atom stereocenters. The average molecular weight is 418 g/mol. The van der Waals surface area contributed by atoms with Gasteiger partial charge in [0, 0.05) is 12.3 Å². The summed E-state index contributed by atoms with van der Waals surface area (Å²) in [6.07, 6.45) is 1.70. The fourth-order valence-electron chi connectivity index (χ4n) is 3.43. The number of carbonyl (C=O) groups excluding carboxylic acids is 1. The van der Waals surface area contributed by atoms with Gasteiger partial charge in [0.15, 0.2) is 11.5 Å². The molecule has 1 aliphatic heterocycles. The Balaban J connectivity index is 1.83. The van der Waals surface area contributed by atoms with Crippen LogP contribution in [0.15, 0.2) is 36.7 Å². The Morgan fingerprint density at radius 2 is 1.93 bits per heavy atom. The van der Waals surface area contributed by atoms with Crippen LogP contribution in [0.5, 0.6) is 17.2 Å². The quantitative estimate of drug-likeness (QED) is 0.673. The molecule has 3 aromatic rings. The van der Waals surface area contributed by atoms with Crippen molar-refractivity contribution in [3.8, 4) is 22.9 Å². The molecule has 2 heterocycles. The number of rotatable bonds is 4. The largest absolute Gasteiger partial charge is 0.502 e. The summed E-state index contributed by atoms with van der Waals surface area (Å²) in [6, 6.07) is 7.56. The minimum absolute atomic E-state index is 0.0309. The van der Waals surface area contributed by atoms with E-state index >= 15 is 0 Å². The zero-order valence-electron chi connectivity index (χ0n) is 15.6. The summed E-state index contributed by atoms with van der Waals surface area (Å²) in [5.74, 6) is -0.309. The number of hydrogen-bond acceptors (Lipinski definition) is 5. The number of anilines is 1. The molecule has 0 fully saturated rings. The van der Waals surface area contributed by atoms with Crippen LogP contribution in [0.2, 0.25) is 5.02 Å². The zero-order valence-corrected chi connectivity index (χ0v) is 16.3. The first-order valence-electron chi connectivity index (χ1n) is 8.70. The maximum atomic E-state index is 13.5. The molecule has 4 rings (SSSR count). The number of carbonyl (C=O) groups is 1. The number of imidazole rings is 1. The highest BCUT2D eigenvalue weighted by molar-refractivity contribution is 6.30. The van der Waals surface area contributed by atoms with Gasteiger partial charge in [0.05, 0.1) is 30.6 Å². The molecular formula is C20H17ClFN3O4. The first-order valence-corrected chi connectivity index (χ1v) is 9.08. The van der Waals surface area contributed by atoms with Crippen molar-refractivity contribution in [2.75, 3.05) is 19.5 Å². The lowest BCUT2D eigenvalue weighted by Crippen LogP contribution is -2.25. The van der Waals surface area contributed by atoms with Crippen molar-refractivity contribution in [1.82, 2.24) is 9.55 Å². The van der Waals surface area contributed by atoms with Crippen LogP contribution in [-0.4, -0.2) is 34.8 Å². The number of methoxy groups -OCH3 is 2. The van der Waals surface area contributed by atoms with E-state index in [1.165, 1.54) is 26.4 Å². The molecule has 1 atom stereocenters. The van der Waals surface area contributed by atoms with E-state index < -0.39 is 5.82 Å². The topological polar surface area (TPSA) is 85.6 Å². The number of nitrogens with one attached hydrogen (secondary N) is 1. The fourth-order valence-corrected chi connectivity index (χ4v) is 3.60. The number of benzene rings is 2. The first kappa shape index (κ1) is 19.1. The highest BCUT2D eigenvalue weighted by Gasteiger charge is 2.32. The summed E-state index contributed by atoms with van der Waals surface area (Å²) in [4.78, 5) is 16.9. The van der Waals surface area contributed by atoms with Gasteiger partial charge in [-0.25, -0.2) is 9.37 Å². The molecule has 29 heavy (non-hydrogen) atoms. The molecule has 0 spiro atoms. The number of aromatic nitrogens is 2. The number of hydrogen-bond donors (Lipinski definition) is 2. The van der Waals surface area contributed by atoms with Gasteiger partial charge in [0.25, 0.3) is 0 Å². The third kappa shape index (κ3) is 3.25. The summed E-state index contributed by atoms with van der Waals surface area (Å²) in [6.45, 7) is 0. The van der Waals surface area contributed by atoms with Gasteiger partial charge in [-0.1, -0.05) is 11.6 Å². The lowest BCUT2D eigenvalue weighted by Gasteiger charge is -2.24. The summed E-state index contributed by atoms with van der Waals surface area (Å²) in [5.41, 5.74) is 1.89. The maximum Gasteiger partial charge on any atom is 0.226 e. The highest BCUT2D eigenvalue weighted by Crippen LogP contribution is 2.44. The maximum absolute atomic E-state index is 13.5. The van der Waals surface area contributed by atoms with Crippen LogP contribution >= 0.6 is 11.6 Å². The lowest BCUT2D eigenvalue weighted by atomic mass is 9.89. The lowest BCUT2D eigenvalue weighted by molar-refractivity contribution is -0.116. The van der Waals surface area contributed by atoms with E-state index in [1.54, 1.807) is 29.1 Å². The van der Waals surface area contributed by atoms with Crippen LogP contribution in [0.3, 0.4) is 0 Å². The molecule has 1 aliphatic rings. The van der Waals surface area contributed by atoms with Crippen LogP contribution < -0.4 is 14.8 Å². The third-order valence-corrected chi connectivity index (χ3v) is 5.15. The molecule has 0 radical (unpaired) electrons. The monoisotopic (exact) mass is 417 g/mol. The first-order chi connectivity index (χ1) is 13.9. The van der Waals surface area contributed by atoms with Gasteiger partial charge in [0.1, 0.15) is 18.0 Å². The number of fused-ring (bicyclic) bond motifs is 1. The Hall–Kier alpha value is -3.26. The van der Waals surface area contributed by atoms with Crippen LogP contribution in [0.25, 0.3) is 5.69 Å². The summed E-state index contributed by atoms with van der Waals surface area (Å²) in [7, 11) is 2.87. The Labute approximate surface area is 170 Å². The standard InChI is InChI=1S/C20H17ClFN3O4/c1-28-15-5-10(6-16(29-2)19(15)27)12-8-17(26)24-20-18(12)23-9-25(20)11-3-4-14(22)13(21)7-11/h3-7,9,12,27H,8H2,1-2H3,(H,24,26)/t12-/m1/s1. The van der Waals surface area contributed by atoms with E-state index in [0.29, 0.717) is 22.8 Å². The molecule has 2 N–H and O–H groups in total. The van der Waals surface area contributed by atoms with Crippen molar-refractivity contribution in [2.45, 2.75) is 12.3 Å². The van der Waals surface area contributed by atoms with Gasteiger partial charge in [0.2, 0.25) is 11.7 Å². The number of ether oxygens (including phenoxy) is 2. The average Bonchev–Trinajstić information content (AvgIpc) is 3.13. The number of phenols is 1. The molecule has 7 nitrogen and oxygen atoms in total. The molecule has 0 saturated heterocycles. The molecule has 1 aromatic heterocycles. The molecule has 0 saturated carbocycles. The molecule has 0 aliphatic carbocycles. The van der Waals surface area contributed by atoms with Crippen molar-refractivity contribution >= 4 is 23.3 Å².